The Balaban J connectivity index is 1.75. The lowest BCUT2D eigenvalue weighted by Gasteiger charge is -2.24. The molecule has 1 aliphatic rings. The zero-order valence-electron chi connectivity index (χ0n) is 12.3. The van der Waals surface area contributed by atoms with Crippen molar-refractivity contribution in [1.82, 2.24) is 9.29 Å². The van der Waals surface area contributed by atoms with Crippen molar-refractivity contribution in [2.45, 2.75) is 12.0 Å². The minimum absolute atomic E-state index is 0.0790. The van der Waals surface area contributed by atoms with Gasteiger partial charge in [-0.15, -0.1) is 11.3 Å². The van der Waals surface area contributed by atoms with Gasteiger partial charge in [-0.1, -0.05) is 0 Å². The number of aromatic nitrogens is 1. The summed E-state index contributed by atoms with van der Waals surface area (Å²) in [6.07, 6.45) is 1.64. The molecule has 0 bridgehead atoms. The summed E-state index contributed by atoms with van der Waals surface area (Å²) >= 11 is 1.32. The highest BCUT2D eigenvalue weighted by Gasteiger charge is 2.30. The van der Waals surface area contributed by atoms with Gasteiger partial charge in [0, 0.05) is 24.2 Å². The number of sulfonamides is 1. The van der Waals surface area contributed by atoms with Crippen molar-refractivity contribution < 1.29 is 22.4 Å². The van der Waals surface area contributed by atoms with Crippen molar-refractivity contribution in [2.75, 3.05) is 31.6 Å². The Morgan fingerprint density at radius 1 is 1.35 bits per heavy atom. The van der Waals surface area contributed by atoms with Gasteiger partial charge in [0.05, 0.1) is 13.2 Å². The number of carbonyl (C=O) groups excluding carboxylic acids is 1. The van der Waals surface area contributed by atoms with Crippen LogP contribution < -0.4 is 5.32 Å². The Kier molecular flexibility index (Phi) is 4.48. The number of furan rings is 1. The molecule has 1 fully saturated rings. The molecule has 124 valence electrons. The Hall–Kier alpha value is -1.75. The van der Waals surface area contributed by atoms with Crippen LogP contribution in [0.15, 0.2) is 27.8 Å². The van der Waals surface area contributed by atoms with E-state index in [9.17, 15) is 13.2 Å². The number of nitrogens with zero attached hydrogens (tertiary/aromatic N) is 2. The number of hydrogen-bond donors (Lipinski definition) is 1. The minimum Gasteiger partial charge on any atom is -0.438 e. The third-order valence-corrected chi connectivity index (χ3v) is 5.81. The number of amides is 1. The second kappa shape index (κ2) is 6.40. The summed E-state index contributed by atoms with van der Waals surface area (Å²) in [6.45, 7) is 3.09. The molecule has 0 saturated carbocycles. The van der Waals surface area contributed by atoms with E-state index in [-0.39, 0.29) is 23.9 Å². The van der Waals surface area contributed by atoms with Crippen molar-refractivity contribution >= 4 is 32.4 Å². The van der Waals surface area contributed by atoms with Crippen LogP contribution in [0.2, 0.25) is 0 Å². The Bertz CT molecular complexity index is 805. The first-order valence-corrected chi connectivity index (χ1v) is 9.14. The summed E-state index contributed by atoms with van der Waals surface area (Å²) in [7, 11) is -3.75. The topological polar surface area (TPSA) is 102 Å². The molecule has 0 aliphatic carbocycles. The second-order valence-electron chi connectivity index (χ2n) is 4.87. The Morgan fingerprint density at radius 2 is 2.09 bits per heavy atom. The van der Waals surface area contributed by atoms with Crippen molar-refractivity contribution in [3.05, 3.63) is 29.0 Å². The largest absolute Gasteiger partial charge is 0.438 e. The van der Waals surface area contributed by atoms with Crippen LogP contribution in [0.5, 0.6) is 0 Å². The smallest absolute Gasteiger partial charge is 0.293 e. The van der Waals surface area contributed by atoms with E-state index >= 15 is 0 Å². The molecular formula is C13H15N3O5S2. The molecule has 0 spiro atoms. The highest BCUT2D eigenvalue weighted by atomic mass is 32.2. The summed E-state index contributed by atoms with van der Waals surface area (Å²) < 4.78 is 36.5. The van der Waals surface area contributed by atoms with E-state index < -0.39 is 15.9 Å². The van der Waals surface area contributed by atoms with Gasteiger partial charge in [0.25, 0.3) is 15.9 Å². The van der Waals surface area contributed by atoms with Crippen molar-refractivity contribution in [3.8, 4) is 0 Å². The van der Waals surface area contributed by atoms with Crippen molar-refractivity contribution in [2.24, 2.45) is 0 Å². The first-order chi connectivity index (χ1) is 11.0. The van der Waals surface area contributed by atoms with Gasteiger partial charge in [-0.2, -0.15) is 4.31 Å². The molecular weight excluding hydrogens is 342 g/mol. The van der Waals surface area contributed by atoms with Gasteiger partial charge in [-0.25, -0.2) is 13.4 Å². The van der Waals surface area contributed by atoms with E-state index in [1.807, 2.05) is 6.92 Å². The second-order valence-corrected chi connectivity index (χ2v) is 7.97. The van der Waals surface area contributed by atoms with Crippen molar-refractivity contribution in [1.29, 1.82) is 0 Å². The molecule has 8 nitrogen and oxygen atoms in total. The number of thiazole rings is 1. The molecule has 0 radical (unpaired) electrons. The van der Waals surface area contributed by atoms with E-state index in [0.717, 1.165) is 4.88 Å². The SMILES string of the molecule is Cc1cnc(NC(=O)c2ccc(S(=O)(=O)N3CCOCC3)o2)s1. The fourth-order valence-electron chi connectivity index (χ4n) is 2.07. The number of carbonyl (C=O) groups is 1. The number of aryl methyl sites for hydroxylation is 1. The lowest BCUT2D eigenvalue weighted by atomic mass is 10.4. The summed E-state index contributed by atoms with van der Waals surface area (Å²) in [5, 5.41) is 2.75. The van der Waals surface area contributed by atoms with Crippen LogP contribution >= 0.6 is 11.3 Å². The van der Waals surface area contributed by atoms with E-state index in [2.05, 4.69) is 10.3 Å². The zero-order valence-corrected chi connectivity index (χ0v) is 13.9. The fourth-order valence-corrected chi connectivity index (χ4v) is 4.05. The van der Waals surface area contributed by atoms with Gasteiger partial charge in [0.15, 0.2) is 10.9 Å². The van der Waals surface area contributed by atoms with Gasteiger partial charge in [0.1, 0.15) is 0 Å². The first kappa shape index (κ1) is 16.1. The van der Waals surface area contributed by atoms with Gasteiger partial charge < -0.3 is 9.15 Å². The van der Waals surface area contributed by atoms with Crippen LogP contribution in [-0.2, 0) is 14.8 Å². The van der Waals surface area contributed by atoms with E-state index in [1.165, 1.54) is 27.8 Å². The number of hydrogen-bond acceptors (Lipinski definition) is 7. The normalized spacial score (nSPS) is 16.4. The average molecular weight is 357 g/mol. The lowest BCUT2D eigenvalue weighted by Crippen LogP contribution is -2.40. The highest BCUT2D eigenvalue weighted by molar-refractivity contribution is 7.89. The number of rotatable bonds is 4. The summed E-state index contributed by atoms with van der Waals surface area (Å²) in [4.78, 5) is 17.0. The highest BCUT2D eigenvalue weighted by Crippen LogP contribution is 2.22. The van der Waals surface area contributed by atoms with Crippen LogP contribution in [0.25, 0.3) is 0 Å². The molecule has 2 aromatic heterocycles. The number of nitrogens with one attached hydrogen (secondary N) is 1. The van der Waals surface area contributed by atoms with Crippen LogP contribution in [0.1, 0.15) is 15.4 Å². The Morgan fingerprint density at radius 3 is 2.74 bits per heavy atom. The predicted octanol–water partition coefficient (Wildman–Crippen LogP) is 1.32. The zero-order chi connectivity index (χ0) is 16.4. The van der Waals surface area contributed by atoms with Gasteiger partial charge in [0.2, 0.25) is 5.09 Å². The lowest BCUT2D eigenvalue weighted by molar-refractivity contribution is 0.0723. The maximum atomic E-state index is 12.4. The Labute approximate surface area is 137 Å². The molecule has 2 aromatic rings. The molecule has 3 heterocycles. The maximum absolute atomic E-state index is 12.4. The standard InChI is InChI=1S/C13H15N3O5S2/c1-9-8-14-13(22-9)15-12(17)10-2-3-11(21-10)23(18,19)16-4-6-20-7-5-16/h2-3,8H,4-7H2,1H3,(H,14,15,17). The molecule has 0 aromatic carbocycles. The number of anilines is 1. The average Bonchev–Trinajstić information content (AvgIpc) is 3.18. The molecule has 1 N–H and O–H groups in total. The van der Waals surface area contributed by atoms with Gasteiger partial charge in [-0.3, -0.25) is 10.1 Å². The third-order valence-electron chi connectivity index (χ3n) is 3.21. The molecule has 0 unspecified atom stereocenters. The number of ether oxygens (including phenoxy) is 1. The fraction of sp³-hybridized carbons (Fsp3) is 0.385. The maximum Gasteiger partial charge on any atom is 0.293 e. The summed E-state index contributed by atoms with van der Waals surface area (Å²) in [5.74, 6) is -0.618. The van der Waals surface area contributed by atoms with Crippen LogP contribution in [0, 0.1) is 6.92 Å². The number of morpholine rings is 1. The molecule has 23 heavy (non-hydrogen) atoms. The molecule has 1 aliphatic heterocycles. The van der Waals surface area contributed by atoms with Gasteiger partial charge >= 0.3 is 0 Å². The molecule has 1 amide bonds. The minimum atomic E-state index is -3.75. The first-order valence-electron chi connectivity index (χ1n) is 6.88. The van der Waals surface area contributed by atoms with E-state index in [0.29, 0.717) is 18.3 Å². The van der Waals surface area contributed by atoms with E-state index in [4.69, 9.17) is 9.15 Å². The van der Waals surface area contributed by atoms with Crippen LogP contribution in [-0.4, -0.2) is 49.9 Å². The van der Waals surface area contributed by atoms with Crippen LogP contribution in [0.4, 0.5) is 5.13 Å². The quantitative estimate of drug-likeness (QED) is 0.885. The molecule has 0 atom stereocenters. The molecule has 10 heteroatoms. The third kappa shape index (κ3) is 3.44. The summed E-state index contributed by atoms with van der Waals surface area (Å²) in [6, 6.07) is 2.62. The predicted molar refractivity (Wildman–Crippen MR) is 83.1 cm³/mol. The molecule has 1 saturated heterocycles. The van der Waals surface area contributed by atoms with E-state index in [1.54, 1.807) is 6.20 Å². The molecule has 3 rings (SSSR count). The monoisotopic (exact) mass is 357 g/mol. The van der Waals surface area contributed by atoms with Crippen molar-refractivity contribution in [3.63, 3.8) is 0 Å². The van der Waals surface area contributed by atoms with Crippen LogP contribution in [0.3, 0.4) is 0 Å². The summed E-state index contributed by atoms with van der Waals surface area (Å²) in [5.41, 5.74) is 0. The van der Waals surface area contributed by atoms with Gasteiger partial charge in [-0.05, 0) is 19.1 Å².